The van der Waals surface area contributed by atoms with Gasteiger partial charge in [0.2, 0.25) is 0 Å². The van der Waals surface area contributed by atoms with Crippen molar-refractivity contribution in [2.45, 2.75) is 114 Å². The lowest BCUT2D eigenvalue weighted by molar-refractivity contribution is 0.116. The number of aryl methyl sites for hydroxylation is 1. The second kappa shape index (κ2) is 15.2. The van der Waals surface area contributed by atoms with Crippen LogP contribution >= 0.6 is 0 Å². The zero-order valence-electron chi connectivity index (χ0n) is 25.0. The molecule has 0 spiro atoms. The van der Waals surface area contributed by atoms with Crippen molar-refractivity contribution in [2.24, 2.45) is 10.8 Å². The summed E-state index contributed by atoms with van der Waals surface area (Å²) in [6.45, 7) is 30.9. The molecule has 2 rings (SSSR count). The van der Waals surface area contributed by atoms with Crippen molar-refractivity contribution in [2.75, 3.05) is 13.7 Å². The lowest BCUT2D eigenvalue weighted by Crippen LogP contribution is -2.13. The van der Waals surface area contributed by atoms with E-state index in [2.05, 4.69) is 110 Å². The van der Waals surface area contributed by atoms with Gasteiger partial charge < -0.3 is 4.74 Å². The van der Waals surface area contributed by atoms with Crippen molar-refractivity contribution in [3.05, 3.63) is 48.1 Å². The molecular weight excluding hydrogens is 420 g/mol. The molecular formula is C29H54N4O. The summed E-state index contributed by atoms with van der Waals surface area (Å²) in [4.78, 5) is 16.6. The van der Waals surface area contributed by atoms with Crippen LogP contribution in [0.3, 0.4) is 0 Å². The summed E-state index contributed by atoms with van der Waals surface area (Å²) in [7, 11) is 1.73. The summed E-state index contributed by atoms with van der Waals surface area (Å²) in [5.74, 6) is 0. The molecule has 5 heteroatoms. The summed E-state index contributed by atoms with van der Waals surface area (Å²) in [6, 6.07) is 0. The minimum absolute atomic E-state index is 0.112. The maximum absolute atomic E-state index is 4.91. The quantitative estimate of drug-likeness (QED) is 0.419. The van der Waals surface area contributed by atoms with Crippen molar-refractivity contribution in [3.63, 3.8) is 0 Å². The van der Waals surface area contributed by atoms with Crippen LogP contribution in [0.5, 0.6) is 0 Å². The van der Waals surface area contributed by atoms with Crippen LogP contribution in [0.2, 0.25) is 0 Å². The highest BCUT2D eigenvalue weighted by Crippen LogP contribution is 2.19. The maximum Gasteiger partial charge on any atom is 0.0640 e. The van der Waals surface area contributed by atoms with Crippen LogP contribution in [0.15, 0.2) is 31.0 Å². The molecule has 2 aromatic heterocycles. The monoisotopic (exact) mass is 474 g/mol. The van der Waals surface area contributed by atoms with Crippen molar-refractivity contribution >= 4 is 0 Å². The molecule has 0 aliphatic rings. The van der Waals surface area contributed by atoms with Crippen LogP contribution in [0.1, 0.15) is 114 Å². The van der Waals surface area contributed by atoms with Crippen LogP contribution in [-0.2, 0) is 15.6 Å². The Hall–Kier alpha value is -1.88. The third-order valence-corrected chi connectivity index (χ3v) is 4.52. The number of rotatable bonds is 1. The summed E-state index contributed by atoms with van der Waals surface area (Å²) in [5, 5.41) is 0. The molecule has 196 valence electrons. The van der Waals surface area contributed by atoms with Gasteiger partial charge in [0.15, 0.2) is 0 Å². The molecule has 0 saturated heterocycles. The van der Waals surface area contributed by atoms with Crippen molar-refractivity contribution < 1.29 is 4.74 Å². The zero-order valence-corrected chi connectivity index (χ0v) is 25.0. The summed E-state index contributed by atoms with van der Waals surface area (Å²) < 4.78 is 4.91. The van der Waals surface area contributed by atoms with E-state index in [0.29, 0.717) is 10.8 Å². The Labute approximate surface area is 211 Å². The number of ether oxygens (including phenoxy) is 1. The fourth-order valence-electron chi connectivity index (χ4n) is 1.90. The second-order valence-electron chi connectivity index (χ2n) is 13.0. The molecule has 34 heavy (non-hydrogen) atoms. The first-order chi connectivity index (χ1) is 15.2. The number of nitrogens with zero attached hydrogens (tertiary/aromatic N) is 4. The Morgan fingerprint density at radius 3 is 1.32 bits per heavy atom. The predicted octanol–water partition coefficient (Wildman–Crippen LogP) is 7.98. The molecule has 0 amide bonds. The molecule has 0 atom stereocenters. The van der Waals surface area contributed by atoms with Gasteiger partial charge in [-0.25, -0.2) is 0 Å². The summed E-state index contributed by atoms with van der Waals surface area (Å²) in [6.07, 6.45) is 10.1. The third kappa shape index (κ3) is 20.7. The molecule has 0 fully saturated rings. The van der Waals surface area contributed by atoms with E-state index in [1.807, 2.05) is 13.1 Å². The first kappa shape index (κ1) is 34.3. The van der Waals surface area contributed by atoms with E-state index in [0.717, 1.165) is 23.7 Å². The standard InChI is InChI=1S/C9H14N2.C8H12N2.C6H14O.C6H14/c1-7-5-11-8(6-10-7)9(2,3)4;1-8(2,3)7-6-9-4-5-10-7;1-6(2,3)5-7-4;1-5-6(2,3)4/h5-6H,1-4H3;4-6H,1-3H3;5H2,1-4H3;5H2,1-4H3. The summed E-state index contributed by atoms with van der Waals surface area (Å²) in [5.41, 5.74) is 4.15. The lowest BCUT2D eigenvalue weighted by Gasteiger charge is -2.16. The topological polar surface area (TPSA) is 60.8 Å². The van der Waals surface area contributed by atoms with E-state index < -0.39 is 0 Å². The highest BCUT2D eigenvalue weighted by atomic mass is 16.5. The molecule has 0 aromatic carbocycles. The highest BCUT2D eigenvalue weighted by Gasteiger charge is 2.15. The van der Waals surface area contributed by atoms with E-state index in [9.17, 15) is 0 Å². The molecule has 0 aliphatic heterocycles. The van der Waals surface area contributed by atoms with Crippen LogP contribution in [0.25, 0.3) is 0 Å². The van der Waals surface area contributed by atoms with Crippen LogP contribution in [-0.4, -0.2) is 33.7 Å². The van der Waals surface area contributed by atoms with Crippen LogP contribution in [0, 0.1) is 17.8 Å². The first-order valence-electron chi connectivity index (χ1n) is 12.3. The highest BCUT2D eigenvalue weighted by molar-refractivity contribution is 5.10. The molecule has 5 nitrogen and oxygen atoms in total. The Balaban J connectivity index is 0. The number of aromatic nitrogens is 4. The zero-order chi connectivity index (χ0) is 27.2. The van der Waals surface area contributed by atoms with Crippen molar-refractivity contribution in [1.82, 2.24) is 19.9 Å². The molecule has 0 bridgehead atoms. The lowest BCUT2D eigenvalue weighted by atomic mass is 9.93. The Morgan fingerprint density at radius 1 is 0.647 bits per heavy atom. The van der Waals surface area contributed by atoms with Gasteiger partial charge in [-0.2, -0.15) is 0 Å². The SMILES string of the molecule is CC(C)(C)c1cnccn1.CCC(C)(C)C.COCC(C)(C)C.Cc1cnc(C(C)(C)C)cn1. The molecule has 0 unspecified atom stereocenters. The van der Waals surface area contributed by atoms with Crippen molar-refractivity contribution in [1.29, 1.82) is 0 Å². The minimum atomic E-state index is 0.112. The van der Waals surface area contributed by atoms with Gasteiger partial charge in [-0.15, -0.1) is 0 Å². The average Bonchev–Trinajstić information content (AvgIpc) is 2.68. The molecule has 2 aromatic rings. The summed E-state index contributed by atoms with van der Waals surface area (Å²) >= 11 is 0. The Morgan fingerprint density at radius 2 is 1.12 bits per heavy atom. The fraction of sp³-hybridized carbons (Fsp3) is 0.724. The first-order valence-corrected chi connectivity index (χ1v) is 12.3. The van der Waals surface area contributed by atoms with Gasteiger partial charge in [0.25, 0.3) is 0 Å². The van der Waals surface area contributed by atoms with Crippen molar-refractivity contribution in [3.8, 4) is 0 Å². The van der Waals surface area contributed by atoms with Crippen LogP contribution in [0.4, 0.5) is 0 Å². The van der Waals surface area contributed by atoms with Gasteiger partial charge in [0.05, 0.1) is 23.7 Å². The van der Waals surface area contributed by atoms with Gasteiger partial charge in [-0.1, -0.05) is 96.4 Å². The normalized spacial score (nSPS) is 11.7. The molecule has 0 saturated carbocycles. The van der Waals surface area contributed by atoms with Gasteiger partial charge in [-0.05, 0) is 17.8 Å². The third-order valence-electron chi connectivity index (χ3n) is 4.52. The van der Waals surface area contributed by atoms with Gasteiger partial charge in [-0.3, -0.25) is 19.9 Å². The molecule has 0 N–H and O–H groups in total. The Bertz CT molecular complexity index is 744. The Kier molecular flexibility index (Phi) is 15.3. The number of hydrogen-bond donors (Lipinski definition) is 0. The average molecular weight is 475 g/mol. The van der Waals surface area contributed by atoms with E-state index >= 15 is 0 Å². The maximum atomic E-state index is 4.91. The smallest absolute Gasteiger partial charge is 0.0640 e. The van der Waals surface area contributed by atoms with E-state index in [1.165, 1.54) is 6.42 Å². The van der Waals surface area contributed by atoms with E-state index in [1.54, 1.807) is 31.9 Å². The molecule has 0 aliphatic carbocycles. The van der Waals surface area contributed by atoms with Crippen LogP contribution < -0.4 is 0 Å². The van der Waals surface area contributed by atoms with Gasteiger partial charge in [0, 0.05) is 48.9 Å². The largest absolute Gasteiger partial charge is 0.384 e. The van der Waals surface area contributed by atoms with E-state index in [4.69, 9.17) is 4.74 Å². The second-order valence-corrected chi connectivity index (χ2v) is 13.0. The van der Waals surface area contributed by atoms with Gasteiger partial charge >= 0.3 is 0 Å². The van der Waals surface area contributed by atoms with E-state index in [-0.39, 0.29) is 10.8 Å². The molecule has 0 radical (unpaired) electrons. The van der Waals surface area contributed by atoms with Gasteiger partial charge in [0.1, 0.15) is 0 Å². The minimum Gasteiger partial charge on any atom is -0.384 e. The predicted molar refractivity (Wildman–Crippen MR) is 147 cm³/mol. The fourth-order valence-corrected chi connectivity index (χ4v) is 1.90. The molecule has 2 heterocycles. The number of methoxy groups -OCH3 is 1. The number of hydrogen-bond acceptors (Lipinski definition) is 5.